The summed E-state index contributed by atoms with van der Waals surface area (Å²) < 4.78 is 31.9. The molecule has 2 aromatic carbocycles. The van der Waals surface area contributed by atoms with Crippen molar-refractivity contribution in [3.05, 3.63) is 58.6 Å². The Morgan fingerprint density at radius 3 is 2.50 bits per heavy atom. The molecule has 0 aliphatic carbocycles. The molecule has 2 aromatic rings. The molecular weight excluding hydrogens is 278 g/mol. The smallest absolute Gasteiger partial charge is 0.179 e. The maximum Gasteiger partial charge on any atom is 0.179 e. The molecule has 0 atom stereocenters. The van der Waals surface area contributed by atoms with Crippen LogP contribution in [0.15, 0.2) is 46.9 Å². The first-order chi connectivity index (χ1) is 7.66. The molecule has 0 aromatic heterocycles. The minimum atomic E-state index is -0.508. The molecule has 0 bridgehead atoms. The molecule has 0 fully saturated rings. The fraction of sp³-hybridized carbons (Fsp3) is 0. The van der Waals surface area contributed by atoms with Crippen molar-refractivity contribution in [2.45, 2.75) is 0 Å². The molecule has 1 nitrogen and oxygen atoms in total. The Hall–Kier alpha value is -1.42. The van der Waals surface area contributed by atoms with E-state index in [0.29, 0.717) is 4.47 Å². The quantitative estimate of drug-likeness (QED) is 0.788. The van der Waals surface area contributed by atoms with Crippen LogP contribution in [-0.4, -0.2) is 0 Å². The number of benzene rings is 2. The van der Waals surface area contributed by atoms with E-state index in [1.165, 1.54) is 24.3 Å². The van der Waals surface area contributed by atoms with Crippen LogP contribution in [0.3, 0.4) is 0 Å². The van der Waals surface area contributed by atoms with Gasteiger partial charge in [0.1, 0.15) is 11.6 Å². The summed E-state index contributed by atoms with van der Waals surface area (Å²) in [6.07, 6.45) is 0. The van der Waals surface area contributed by atoms with Gasteiger partial charge in [0, 0.05) is 6.07 Å². The van der Waals surface area contributed by atoms with Crippen molar-refractivity contribution >= 4 is 15.9 Å². The van der Waals surface area contributed by atoms with Gasteiger partial charge in [0.2, 0.25) is 0 Å². The van der Waals surface area contributed by atoms with Gasteiger partial charge in [-0.1, -0.05) is 12.1 Å². The molecule has 0 N–H and O–H groups in total. The van der Waals surface area contributed by atoms with Gasteiger partial charge in [-0.05, 0) is 40.2 Å². The van der Waals surface area contributed by atoms with Crippen molar-refractivity contribution in [2.75, 3.05) is 0 Å². The van der Waals surface area contributed by atoms with Gasteiger partial charge < -0.3 is 4.74 Å². The summed E-state index contributed by atoms with van der Waals surface area (Å²) in [5.41, 5.74) is 0. The summed E-state index contributed by atoms with van der Waals surface area (Å²) in [7, 11) is 0. The highest BCUT2D eigenvalue weighted by atomic mass is 79.9. The second-order valence-electron chi connectivity index (χ2n) is 3.11. The Labute approximate surface area is 99.8 Å². The fourth-order valence-electron chi connectivity index (χ4n) is 1.22. The Morgan fingerprint density at radius 1 is 1.00 bits per heavy atom. The summed E-state index contributed by atoms with van der Waals surface area (Å²) in [5.74, 6) is -0.614. The van der Waals surface area contributed by atoms with Crippen LogP contribution in [-0.2, 0) is 0 Å². The van der Waals surface area contributed by atoms with Crippen LogP contribution in [0, 0.1) is 11.6 Å². The van der Waals surface area contributed by atoms with Crippen molar-refractivity contribution in [1.29, 1.82) is 0 Å². The highest BCUT2D eigenvalue weighted by Crippen LogP contribution is 2.28. The normalized spacial score (nSPS) is 10.2. The summed E-state index contributed by atoms with van der Waals surface area (Å²) in [4.78, 5) is 0. The van der Waals surface area contributed by atoms with E-state index in [-0.39, 0.29) is 11.5 Å². The summed E-state index contributed by atoms with van der Waals surface area (Å²) >= 11 is 3.04. The van der Waals surface area contributed by atoms with E-state index in [4.69, 9.17) is 4.74 Å². The minimum absolute atomic E-state index is 0.0555. The Balaban J connectivity index is 2.31. The molecule has 0 aliphatic heterocycles. The third-order valence-corrected chi connectivity index (χ3v) is 2.55. The fourth-order valence-corrected chi connectivity index (χ4v) is 1.57. The van der Waals surface area contributed by atoms with Gasteiger partial charge in [-0.3, -0.25) is 0 Å². The zero-order valence-corrected chi connectivity index (χ0v) is 9.67. The van der Waals surface area contributed by atoms with Gasteiger partial charge in [0.05, 0.1) is 4.47 Å². The standard InChI is InChI=1S/C12H7BrF2O/c13-10-5-2-6-11(12(10)15)16-9-4-1-3-8(14)7-9/h1-7H. The molecule has 0 heterocycles. The summed E-state index contributed by atoms with van der Waals surface area (Å²) in [5, 5.41) is 0. The van der Waals surface area contributed by atoms with Crippen LogP contribution in [0.5, 0.6) is 11.5 Å². The predicted molar refractivity (Wildman–Crippen MR) is 60.6 cm³/mol. The van der Waals surface area contributed by atoms with E-state index < -0.39 is 11.6 Å². The lowest BCUT2D eigenvalue weighted by Gasteiger charge is -2.07. The largest absolute Gasteiger partial charge is 0.454 e. The maximum absolute atomic E-state index is 13.5. The molecule has 0 aliphatic rings. The lowest BCUT2D eigenvalue weighted by atomic mass is 10.3. The molecule has 4 heteroatoms. The molecule has 0 radical (unpaired) electrons. The average Bonchev–Trinajstić information content (AvgIpc) is 2.25. The van der Waals surface area contributed by atoms with E-state index in [1.807, 2.05) is 0 Å². The number of ether oxygens (including phenoxy) is 1. The molecule has 0 saturated heterocycles. The number of hydrogen-bond acceptors (Lipinski definition) is 1. The van der Waals surface area contributed by atoms with Gasteiger partial charge in [-0.2, -0.15) is 0 Å². The summed E-state index contributed by atoms with van der Waals surface area (Å²) in [6.45, 7) is 0. The predicted octanol–water partition coefficient (Wildman–Crippen LogP) is 4.52. The van der Waals surface area contributed by atoms with Crippen LogP contribution in [0.4, 0.5) is 8.78 Å². The highest BCUT2D eigenvalue weighted by molar-refractivity contribution is 9.10. The topological polar surface area (TPSA) is 9.23 Å². The lowest BCUT2D eigenvalue weighted by molar-refractivity contribution is 0.437. The van der Waals surface area contributed by atoms with E-state index in [9.17, 15) is 8.78 Å². The van der Waals surface area contributed by atoms with Gasteiger partial charge in [-0.15, -0.1) is 0 Å². The first kappa shape index (κ1) is 11.1. The van der Waals surface area contributed by atoms with E-state index in [2.05, 4.69) is 15.9 Å². The molecular formula is C12H7BrF2O. The van der Waals surface area contributed by atoms with Crippen LogP contribution in [0.2, 0.25) is 0 Å². The van der Waals surface area contributed by atoms with Gasteiger partial charge in [-0.25, -0.2) is 8.78 Å². The Kier molecular flexibility index (Phi) is 3.19. The van der Waals surface area contributed by atoms with Crippen LogP contribution in [0.1, 0.15) is 0 Å². The van der Waals surface area contributed by atoms with E-state index in [0.717, 1.165) is 0 Å². The number of rotatable bonds is 2. The lowest BCUT2D eigenvalue weighted by Crippen LogP contribution is -1.89. The third kappa shape index (κ3) is 2.39. The first-order valence-electron chi connectivity index (χ1n) is 4.54. The maximum atomic E-state index is 13.5. The van der Waals surface area contributed by atoms with Gasteiger partial charge in [0.15, 0.2) is 11.6 Å². The number of halogens is 3. The van der Waals surface area contributed by atoms with Crippen molar-refractivity contribution in [3.8, 4) is 11.5 Å². The summed E-state index contributed by atoms with van der Waals surface area (Å²) in [6, 6.07) is 10.2. The van der Waals surface area contributed by atoms with Crippen molar-refractivity contribution in [2.24, 2.45) is 0 Å². The van der Waals surface area contributed by atoms with Gasteiger partial charge in [0.25, 0.3) is 0 Å². The average molecular weight is 285 g/mol. The molecule has 2 rings (SSSR count). The zero-order chi connectivity index (χ0) is 11.5. The molecule has 0 saturated carbocycles. The molecule has 0 unspecified atom stereocenters. The molecule has 0 amide bonds. The van der Waals surface area contributed by atoms with Crippen LogP contribution >= 0.6 is 15.9 Å². The third-order valence-electron chi connectivity index (χ3n) is 1.94. The SMILES string of the molecule is Fc1cccc(Oc2cccc(Br)c2F)c1. The number of hydrogen-bond donors (Lipinski definition) is 0. The first-order valence-corrected chi connectivity index (χ1v) is 5.33. The van der Waals surface area contributed by atoms with Gasteiger partial charge >= 0.3 is 0 Å². The second kappa shape index (κ2) is 4.61. The Morgan fingerprint density at radius 2 is 1.75 bits per heavy atom. The van der Waals surface area contributed by atoms with Crippen molar-refractivity contribution in [1.82, 2.24) is 0 Å². The highest BCUT2D eigenvalue weighted by Gasteiger charge is 2.08. The zero-order valence-electron chi connectivity index (χ0n) is 8.08. The second-order valence-corrected chi connectivity index (χ2v) is 3.97. The monoisotopic (exact) mass is 284 g/mol. The van der Waals surface area contributed by atoms with Crippen molar-refractivity contribution in [3.63, 3.8) is 0 Å². The molecule has 82 valence electrons. The Bertz CT molecular complexity index is 514. The van der Waals surface area contributed by atoms with Crippen molar-refractivity contribution < 1.29 is 13.5 Å². The van der Waals surface area contributed by atoms with E-state index in [1.54, 1.807) is 18.2 Å². The molecule has 0 spiro atoms. The minimum Gasteiger partial charge on any atom is -0.454 e. The van der Waals surface area contributed by atoms with Crippen LogP contribution in [0.25, 0.3) is 0 Å². The van der Waals surface area contributed by atoms with Crippen LogP contribution < -0.4 is 4.74 Å². The molecule has 16 heavy (non-hydrogen) atoms. The van der Waals surface area contributed by atoms with E-state index >= 15 is 0 Å².